The van der Waals surface area contributed by atoms with E-state index in [1.165, 1.54) is 48.5 Å². The Morgan fingerprint density at radius 2 is 1.79 bits per heavy atom. The Kier molecular flexibility index (Phi) is 5.78. The number of imidazole rings is 1. The number of H-pyrrole nitrogens is 1. The number of hydrogen-bond donors (Lipinski definition) is 1. The molecule has 4 heterocycles. The number of nitrogens with zero attached hydrogens (tertiary/aromatic N) is 5. The van der Waals surface area contributed by atoms with E-state index in [9.17, 15) is 0 Å². The molecule has 6 rings (SSSR count). The van der Waals surface area contributed by atoms with Crippen molar-refractivity contribution in [2.75, 3.05) is 44.2 Å². The Balaban J connectivity index is 1.04. The first kappa shape index (κ1) is 21.0. The third-order valence-electron chi connectivity index (χ3n) is 6.95. The number of nitrogens with one attached hydrogen (secondary N) is 1. The van der Waals surface area contributed by atoms with E-state index in [1.54, 1.807) is 0 Å². The van der Waals surface area contributed by atoms with Crippen LogP contribution in [0.25, 0.3) is 11.0 Å². The summed E-state index contributed by atoms with van der Waals surface area (Å²) in [6.45, 7) is 6.90. The molecular formula is C28H30N6. The van der Waals surface area contributed by atoms with Crippen molar-refractivity contribution in [3.63, 3.8) is 0 Å². The van der Waals surface area contributed by atoms with Gasteiger partial charge >= 0.3 is 0 Å². The van der Waals surface area contributed by atoms with E-state index in [0.717, 1.165) is 56.0 Å². The maximum absolute atomic E-state index is 4.79. The summed E-state index contributed by atoms with van der Waals surface area (Å²) in [6.07, 6.45) is 5.65. The molecule has 1 aromatic heterocycles. The molecule has 0 bridgehead atoms. The summed E-state index contributed by atoms with van der Waals surface area (Å²) in [5.74, 6) is 7.25. The van der Waals surface area contributed by atoms with Crippen molar-refractivity contribution >= 4 is 23.1 Å². The highest BCUT2D eigenvalue weighted by atomic mass is 15.2. The van der Waals surface area contributed by atoms with E-state index in [-0.39, 0.29) is 0 Å². The average Bonchev–Trinajstić information content (AvgIpc) is 3.54. The van der Waals surface area contributed by atoms with Crippen molar-refractivity contribution in [1.82, 2.24) is 19.8 Å². The predicted octanol–water partition coefficient (Wildman–Crippen LogP) is 4.02. The van der Waals surface area contributed by atoms with Gasteiger partial charge in [0.05, 0.1) is 23.9 Å². The number of fused-ring (bicyclic) bond motifs is 1. The summed E-state index contributed by atoms with van der Waals surface area (Å²) >= 11 is 0. The molecule has 6 heteroatoms. The number of hydrogen-bond acceptors (Lipinski definition) is 5. The molecular weight excluding hydrogens is 420 g/mol. The monoisotopic (exact) mass is 450 g/mol. The van der Waals surface area contributed by atoms with Crippen LogP contribution in [-0.4, -0.2) is 65.4 Å². The molecule has 0 unspecified atom stereocenters. The summed E-state index contributed by atoms with van der Waals surface area (Å²) < 4.78 is 0. The lowest BCUT2D eigenvalue weighted by atomic mass is 10.0. The molecule has 1 N–H and O–H groups in total. The van der Waals surface area contributed by atoms with E-state index >= 15 is 0 Å². The van der Waals surface area contributed by atoms with Gasteiger partial charge in [0.1, 0.15) is 0 Å². The highest BCUT2D eigenvalue weighted by molar-refractivity contribution is 5.75. The first-order valence-corrected chi connectivity index (χ1v) is 12.3. The first-order chi connectivity index (χ1) is 16.8. The van der Waals surface area contributed by atoms with E-state index in [4.69, 9.17) is 4.99 Å². The summed E-state index contributed by atoms with van der Waals surface area (Å²) in [6, 6.07) is 17.1. The number of aromatic amines is 1. The van der Waals surface area contributed by atoms with Crippen LogP contribution >= 0.6 is 0 Å². The molecule has 0 radical (unpaired) electrons. The maximum atomic E-state index is 4.79. The lowest BCUT2D eigenvalue weighted by Gasteiger charge is -2.33. The third-order valence-corrected chi connectivity index (χ3v) is 6.95. The van der Waals surface area contributed by atoms with Crippen LogP contribution in [-0.2, 0) is 6.54 Å². The van der Waals surface area contributed by atoms with Crippen molar-refractivity contribution in [3.05, 3.63) is 71.2 Å². The summed E-state index contributed by atoms with van der Waals surface area (Å²) in [7, 11) is 0. The molecule has 0 aliphatic carbocycles. The van der Waals surface area contributed by atoms with Gasteiger partial charge < -0.3 is 14.8 Å². The van der Waals surface area contributed by atoms with Gasteiger partial charge in [-0.3, -0.25) is 4.90 Å². The molecule has 0 atom stereocenters. The zero-order valence-corrected chi connectivity index (χ0v) is 19.5. The van der Waals surface area contributed by atoms with Gasteiger partial charge in [-0.15, -0.1) is 0 Å². The van der Waals surface area contributed by atoms with Gasteiger partial charge in [0, 0.05) is 57.1 Å². The fourth-order valence-corrected chi connectivity index (χ4v) is 5.12. The minimum absolute atomic E-state index is 0.738. The quantitative estimate of drug-likeness (QED) is 0.610. The summed E-state index contributed by atoms with van der Waals surface area (Å²) in [5, 5.41) is 0. The van der Waals surface area contributed by atoms with E-state index in [0.29, 0.717) is 0 Å². The lowest BCUT2D eigenvalue weighted by molar-refractivity contribution is 0.300. The SMILES string of the molecule is C(#Cc1nc2ccccc2[nH]1)CN1CCC2=C(CN(Cc3ccc(N4CCCC4)cc3)C=N2)C1. The second-order valence-corrected chi connectivity index (χ2v) is 9.43. The minimum atomic E-state index is 0.738. The fraction of sp³-hybridized carbons (Fsp3) is 0.357. The Bertz CT molecular complexity index is 1250. The van der Waals surface area contributed by atoms with Gasteiger partial charge in [-0.05, 0) is 54.2 Å². The van der Waals surface area contributed by atoms with E-state index in [1.807, 2.05) is 30.6 Å². The van der Waals surface area contributed by atoms with Crippen LogP contribution in [0, 0.1) is 11.8 Å². The van der Waals surface area contributed by atoms with Crippen molar-refractivity contribution in [2.24, 2.45) is 4.99 Å². The molecule has 0 amide bonds. The number of benzene rings is 2. The molecule has 172 valence electrons. The Hall–Kier alpha value is -3.56. The first-order valence-electron chi connectivity index (χ1n) is 12.3. The van der Waals surface area contributed by atoms with E-state index < -0.39 is 0 Å². The van der Waals surface area contributed by atoms with Gasteiger partial charge in [-0.1, -0.05) is 30.2 Å². The second kappa shape index (κ2) is 9.36. The van der Waals surface area contributed by atoms with Gasteiger partial charge in [0.15, 0.2) is 5.82 Å². The number of aliphatic imine (C=N–C) groups is 1. The van der Waals surface area contributed by atoms with Crippen molar-refractivity contribution in [3.8, 4) is 11.8 Å². The van der Waals surface area contributed by atoms with Gasteiger partial charge in [-0.2, -0.15) is 0 Å². The van der Waals surface area contributed by atoms with Crippen molar-refractivity contribution in [2.45, 2.75) is 25.8 Å². The molecule has 6 nitrogen and oxygen atoms in total. The zero-order valence-electron chi connectivity index (χ0n) is 19.5. The van der Waals surface area contributed by atoms with Crippen LogP contribution < -0.4 is 4.90 Å². The average molecular weight is 451 g/mol. The molecule has 3 aromatic rings. The molecule has 2 aromatic carbocycles. The molecule has 3 aliphatic heterocycles. The topological polar surface area (TPSA) is 50.8 Å². The van der Waals surface area contributed by atoms with Crippen molar-refractivity contribution < 1.29 is 0 Å². The Morgan fingerprint density at radius 3 is 2.65 bits per heavy atom. The van der Waals surface area contributed by atoms with Crippen molar-refractivity contribution in [1.29, 1.82) is 0 Å². The van der Waals surface area contributed by atoms with Crippen LogP contribution in [0.5, 0.6) is 0 Å². The smallest absolute Gasteiger partial charge is 0.183 e. The lowest BCUT2D eigenvalue weighted by Crippen LogP contribution is -2.38. The largest absolute Gasteiger partial charge is 0.372 e. The highest BCUT2D eigenvalue weighted by Gasteiger charge is 2.22. The van der Waals surface area contributed by atoms with Crippen LogP contribution in [0.4, 0.5) is 5.69 Å². The molecule has 1 fully saturated rings. The van der Waals surface area contributed by atoms with Crippen LogP contribution in [0.15, 0.2) is 64.8 Å². The number of anilines is 1. The van der Waals surface area contributed by atoms with Gasteiger partial charge in [0.2, 0.25) is 0 Å². The molecule has 1 saturated heterocycles. The van der Waals surface area contributed by atoms with Gasteiger partial charge in [0.25, 0.3) is 0 Å². The zero-order chi connectivity index (χ0) is 22.7. The Morgan fingerprint density at radius 1 is 0.941 bits per heavy atom. The Labute approximate surface area is 201 Å². The van der Waals surface area contributed by atoms with E-state index in [2.05, 4.69) is 60.8 Å². The number of rotatable bonds is 4. The number of aromatic nitrogens is 2. The maximum Gasteiger partial charge on any atom is 0.183 e. The molecule has 3 aliphatic rings. The third kappa shape index (κ3) is 4.57. The predicted molar refractivity (Wildman–Crippen MR) is 138 cm³/mol. The standard InChI is InChI=1S/C28H30N6/c1-2-7-27-26(6-1)30-28(31-27)8-5-14-32-17-13-25-23(19-32)20-33(21-29-25)18-22-9-11-24(12-10-22)34-15-3-4-16-34/h1-2,6-7,9-12,21H,3-4,13-20H2,(H,30,31). The van der Waals surface area contributed by atoms with Gasteiger partial charge in [-0.25, -0.2) is 9.98 Å². The molecule has 34 heavy (non-hydrogen) atoms. The van der Waals surface area contributed by atoms with Crippen LogP contribution in [0.1, 0.15) is 30.7 Å². The molecule has 0 spiro atoms. The normalized spacial score (nSPS) is 18.4. The second-order valence-electron chi connectivity index (χ2n) is 9.43. The fourth-order valence-electron chi connectivity index (χ4n) is 5.12. The number of para-hydroxylation sites is 2. The van der Waals surface area contributed by atoms with Crippen LogP contribution in [0.3, 0.4) is 0 Å². The minimum Gasteiger partial charge on any atom is -0.372 e. The highest BCUT2D eigenvalue weighted by Crippen LogP contribution is 2.24. The molecule has 0 saturated carbocycles. The summed E-state index contributed by atoms with van der Waals surface area (Å²) in [4.78, 5) is 19.9. The summed E-state index contributed by atoms with van der Waals surface area (Å²) in [5.41, 5.74) is 7.37. The van der Waals surface area contributed by atoms with Crippen LogP contribution in [0.2, 0.25) is 0 Å².